The molecule has 0 saturated carbocycles. The van der Waals surface area contributed by atoms with E-state index < -0.39 is 0 Å². The molecular formula is C13H15Cl2NOS. The summed E-state index contributed by atoms with van der Waals surface area (Å²) in [6, 6.07) is 5.52. The van der Waals surface area contributed by atoms with E-state index in [0.717, 1.165) is 12.2 Å². The van der Waals surface area contributed by atoms with Crippen molar-refractivity contribution in [3.63, 3.8) is 0 Å². The van der Waals surface area contributed by atoms with Gasteiger partial charge in [-0.1, -0.05) is 23.2 Å². The van der Waals surface area contributed by atoms with Crippen LogP contribution in [0.2, 0.25) is 10.0 Å². The van der Waals surface area contributed by atoms with Gasteiger partial charge in [0.1, 0.15) is 0 Å². The summed E-state index contributed by atoms with van der Waals surface area (Å²) in [7, 11) is 2.00. The third-order valence-corrected chi connectivity index (χ3v) is 4.85. The molecule has 18 heavy (non-hydrogen) atoms. The topological polar surface area (TPSA) is 20.3 Å². The maximum absolute atomic E-state index is 12.2. The van der Waals surface area contributed by atoms with Crippen LogP contribution in [-0.2, 0) is 0 Å². The number of hydrogen-bond donors (Lipinski definition) is 0. The van der Waals surface area contributed by atoms with Gasteiger partial charge in [0.15, 0.2) is 5.78 Å². The number of hydrogen-bond acceptors (Lipinski definition) is 3. The molecule has 1 atom stereocenters. The minimum atomic E-state index is 0.0519. The summed E-state index contributed by atoms with van der Waals surface area (Å²) in [5.74, 6) is 2.35. The number of nitrogens with zero attached hydrogens (tertiary/aromatic N) is 1. The maximum Gasteiger partial charge on any atom is 0.178 e. The average Bonchev–Trinajstić information content (AvgIpc) is 2.81. The normalized spacial score (nSPS) is 19.4. The Morgan fingerprint density at radius 3 is 2.89 bits per heavy atom. The molecule has 0 amide bonds. The summed E-state index contributed by atoms with van der Waals surface area (Å²) in [4.78, 5) is 14.3. The number of halogens is 2. The number of carbonyl (C=O) groups excluding carboxylic acids is 1. The van der Waals surface area contributed by atoms with Crippen molar-refractivity contribution in [2.75, 3.05) is 25.1 Å². The molecule has 2 nitrogen and oxygen atoms in total. The van der Waals surface area contributed by atoms with Crippen molar-refractivity contribution < 1.29 is 4.79 Å². The van der Waals surface area contributed by atoms with E-state index in [-0.39, 0.29) is 5.78 Å². The molecule has 1 aliphatic heterocycles. The van der Waals surface area contributed by atoms with Crippen LogP contribution < -0.4 is 0 Å². The van der Waals surface area contributed by atoms with Gasteiger partial charge in [-0.2, -0.15) is 11.8 Å². The first-order valence-corrected chi connectivity index (χ1v) is 7.75. The molecule has 2 rings (SSSR count). The summed E-state index contributed by atoms with van der Waals surface area (Å²) < 4.78 is 0. The van der Waals surface area contributed by atoms with Crippen LogP contribution in [0.25, 0.3) is 0 Å². The van der Waals surface area contributed by atoms with Gasteiger partial charge in [-0.15, -0.1) is 0 Å². The maximum atomic E-state index is 12.2. The molecule has 0 bridgehead atoms. The average molecular weight is 304 g/mol. The fourth-order valence-corrected chi connectivity index (χ4v) is 3.84. The summed E-state index contributed by atoms with van der Waals surface area (Å²) in [5.41, 5.74) is 0.554. The van der Waals surface area contributed by atoms with E-state index in [9.17, 15) is 4.79 Å². The van der Waals surface area contributed by atoms with Gasteiger partial charge < -0.3 is 0 Å². The van der Waals surface area contributed by atoms with Crippen LogP contribution in [-0.4, -0.2) is 41.8 Å². The van der Waals surface area contributed by atoms with Crippen molar-refractivity contribution >= 4 is 40.7 Å². The van der Waals surface area contributed by atoms with Crippen molar-refractivity contribution in [2.24, 2.45) is 0 Å². The molecule has 1 heterocycles. The fourth-order valence-electron chi connectivity index (χ4n) is 2.03. The Morgan fingerprint density at radius 2 is 2.28 bits per heavy atom. The van der Waals surface area contributed by atoms with Gasteiger partial charge >= 0.3 is 0 Å². The highest BCUT2D eigenvalue weighted by atomic mass is 35.5. The molecule has 1 saturated heterocycles. The third-order valence-electron chi connectivity index (χ3n) is 3.15. The van der Waals surface area contributed by atoms with Crippen molar-refractivity contribution in [3.8, 4) is 0 Å². The van der Waals surface area contributed by atoms with Crippen molar-refractivity contribution in [3.05, 3.63) is 33.8 Å². The Hall–Kier alpha value is -0.220. The zero-order chi connectivity index (χ0) is 13.1. The minimum absolute atomic E-state index is 0.0519. The Morgan fingerprint density at radius 1 is 1.50 bits per heavy atom. The van der Waals surface area contributed by atoms with Crippen LogP contribution in [0.15, 0.2) is 18.2 Å². The van der Waals surface area contributed by atoms with Gasteiger partial charge in [-0.25, -0.2) is 0 Å². The zero-order valence-corrected chi connectivity index (χ0v) is 12.5. The van der Waals surface area contributed by atoms with Gasteiger partial charge in [0, 0.05) is 22.4 Å². The second-order valence-corrected chi connectivity index (χ2v) is 6.47. The van der Waals surface area contributed by atoms with Crippen LogP contribution in [0.5, 0.6) is 0 Å². The quantitative estimate of drug-likeness (QED) is 0.793. The van der Waals surface area contributed by atoms with Crippen molar-refractivity contribution in [1.82, 2.24) is 4.90 Å². The van der Waals surface area contributed by atoms with E-state index in [2.05, 4.69) is 4.90 Å². The number of carbonyl (C=O) groups is 1. The van der Waals surface area contributed by atoms with E-state index in [1.54, 1.807) is 18.2 Å². The van der Waals surface area contributed by atoms with Crippen molar-refractivity contribution in [2.45, 2.75) is 12.5 Å². The minimum Gasteiger partial charge on any atom is -0.295 e. The molecule has 1 aromatic rings. The predicted octanol–water partition coefficient (Wildman–Crippen LogP) is 3.61. The number of likely N-dealkylation sites (N-methyl/N-ethyl adjacent to an activating group) is 1. The number of benzene rings is 1. The highest BCUT2D eigenvalue weighted by Crippen LogP contribution is 2.24. The zero-order valence-electron chi connectivity index (χ0n) is 10.2. The lowest BCUT2D eigenvalue weighted by atomic mass is 10.1. The first-order valence-electron chi connectivity index (χ1n) is 5.84. The molecule has 1 aromatic carbocycles. The summed E-state index contributed by atoms with van der Waals surface area (Å²) in [6.45, 7) is 0.409. The van der Waals surface area contributed by atoms with Crippen LogP contribution in [0.4, 0.5) is 0 Å². The molecule has 0 aliphatic carbocycles. The number of ketones is 1. The van der Waals surface area contributed by atoms with Crippen LogP contribution in [0.3, 0.4) is 0 Å². The van der Waals surface area contributed by atoms with Crippen LogP contribution >= 0.6 is 35.0 Å². The molecule has 98 valence electrons. The second kappa shape index (κ2) is 6.29. The lowest BCUT2D eigenvalue weighted by Crippen LogP contribution is -2.35. The van der Waals surface area contributed by atoms with Gasteiger partial charge in [0.05, 0.1) is 11.6 Å². The van der Waals surface area contributed by atoms with Gasteiger partial charge in [-0.05, 0) is 37.4 Å². The van der Waals surface area contributed by atoms with Crippen LogP contribution in [0, 0.1) is 0 Å². The molecule has 0 spiro atoms. The Balaban J connectivity index is 2.02. The molecule has 1 aliphatic rings. The Labute approximate surface area is 122 Å². The first kappa shape index (κ1) is 14.2. The van der Waals surface area contributed by atoms with E-state index in [1.165, 1.54) is 5.75 Å². The van der Waals surface area contributed by atoms with Gasteiger partial charge in [-0.3, -0.25) is 9.69 Å². The van der Waals surface area contributed by atoms with Gasteiger partial charge in [0.25, 0.3) is 0 Å². The second-order valence-electron chi connectivity index (χ2n) is 4.48. The molecule has 5 heteroatoms. The highest BCUT2D eigenvalue weighted by molar-refractivity contribution is 7.99. The molecule has 0 radical (unpaired) electrons. The summed E-state index contributed by atoms with van der Waals surface area (Å²) >= 11 is 13.8. The first-order chi connectivity index (χ1) is 8.58. The Kier molecular flexibility index (Phi) is 4.96. The Bertz CT molecular complexity index is 447. The molecule has 0 aromatic heterocycles. The standard InChI is InChI=1S/C13H15Cl2NOS/c1-16(10-4-5-18-8-10)7-13(17)11-3-2-9(14)6-12(11)15/h2-3,6,10H,4-5,7-8H2,1H3. The monoisotopic (exact) mass is 303 g/mol. The highest BCUT2D eigenvalue weighted by Gasteiger charge is 2.22. The summed E-state index contributed by atoms with van der Waals surface area (Å²) in [5, 5.41) is 0.985. The third kappa shape index (κ3) is 3.41. The van der Waals surface area contributed by atoms with E-state index in [0.29, 0.717) is 28.2 Å². The number of thioether (sulfide) groups is 1. The van der Waals surface area contributed by atoms with Crippen LogP contribution in [0.1, 0.15) is 16.8 Å². The van der Waals surface area contributed by atoms with E-state index >= 15 is 0 Å². The largest absolute Gasteiger partial charge is 0.295 e. The summed E-state index contributed by atoms with van der Waals surface area (Å²) in [6.07, 6.45) is 1.16. The fraction of sp³-hybridized carbons (Fsp3) is 0.462. The molecule has 1 fully saturated rings. The number of Topliss-reactive ketones (excluding diaryl/α,β-unsaturated/α-hetero) is 1. The SMILES string of the molecule is CN(CC(=O)c1ccc(Cl)cc1Cl)C1CCSC1. The number of rotatable bonds is 4. The lowest BCUT2D eigenvalue weighted by molar-refractivity contribution is 0.0927. The van der Waals surface area contributed by atoms with E-state index in [1.807, 2.05) is 18.8 Å². The lowest BCUT2D eigenvalue weighted by Gasteiger charge is -2.22. The predicted molar refractivity (Wildman–Crippen MR) is 79.2 cm³/mol. The van der Waals surface area contributed by atoms with Gasteiger partial charge in [0.2, 0.25) is 0 Å². The molecule has 1 unspecified atom stereocenters. The van der Waals surface area contributed by atoms with Crippen molar-refractivity contribution in [1.29, 1.82) is 0 Å². The molecule has 0 N–H and O–H groups in total. The molecular weight excluding hydrogens is 289 g/mol. The van der Waals surface area contributed by atoms with E-state index in [4.69, 9.17) is 23.2 Å². The smallest absolute Gasteiger partial charge is 0.178 e.